The van der Waals surface area contributed by atoms with E-state index in [0.29, 0.717) is 5.56 Å². The summed E-state index contributed by atoms with van der Waals surface area (Å²) in [7, 11) is 2.08. The van der Waals surface area contributed by atoms with Gasteiger partial charge in [-0.1, -0.05) is 6.92 Å². The van der Waals surface area contributed by atoms with Gasteiger partial charge < -0.3 is 15.5 Å². The van der Waals surface area contributed by atoms with Crippen LogP contribution in [0.5, 0.6) is 0 Å². The molecule has 0 saturated carbocycles. The molecule has 5 nitrogen and oxygen atoms in total. The van der Waals surface area contributed by atoms with E-state index in [2.05, 4.69) is 22.6 Å². The van der Waals surface area contributed by atoms with Gasteiger partial charge in [-0.2, -0.15) is 0 Å². The molecule has 5 heteroatoms. The highest BCUT2D eigenvalue weighted by atomic mass is 16.2. The molecule has 0 bridgehead atoms. The molecule has 0 unspecified atom stereocenters. The first-order chi connectivity index (χ1) is 10.8. The van der Waals surface area contributed by atoms with Crippen LogP contribution in [0.1, 0.15) is 44.0 Å². The summed E-state index contributed by atoms with van der Waals surface area (Å²) in [6, 6.07) is 7.15. The number of anilines is 1. The van der Waals surface area contributed by atoms with Gasteiger partial charge in [0.05, 0.1) is 0 Å². The fourth-order valence-electron chi connectivity index (χ4n) is 2.67. The highest BCUT2D eigenvalue weighted by Gasteiger charge is 2.36. The van der Waals surface area contributed by atoms with Crippen LogP contribution < -0.4 is 10.6 Å². The van der Waals surface area contributed by atoms with E-state index in [1.165, 1.54) is 0 Å². The normalized spacial score (nSPS) is 17.8. The van der Waals surface area contributed by atoms with E-state index in [0.717, 1.165) is 31.6 Å². The maximum absolute atomic E-state index is 12.6. The second kappa shape index (κ2) is 7.13. The molecule has 1 aromatic rings. The number of nitrogens with zero attached hydrogens (tertiary/aromatic N) is 1. The first-order valence-electron chi connectivity index (χ1n) is 8.21. The third-order valence-corrected chi connectivity index (χ3v) is 4.46. The van der Waals surface area contributed by atoms with E-state index in [1.807, 2.05) is 20.8 Å². The van der Waals surface area contributed by atoms with Crippen LogP contribution in [0.3, 0.4) is 0 Å². The average molecular weight is 317 g/mol. The molecule has 0 radical (unpaired) electrons. The van der Waals surface area contributed by atoms with Crippen molar-refractivity contribution in [1.82, 2.24) is 10.2 Å². The predicted octanol–water partition coefficient (Wildman–Crippen LogP) is 2.50. The molecule has 0 aromatic heterocycles. The Morgan fingerprint density at radius 2 is 1.70 bits per heavy atom. The van der Waals surface area contributed by atoms with Crippen molar-refractivity contribution in [1.29, 1.82) is 0 Å². The molecule has 1 fully saturated rings. The first kappa shape index (κ1) is 17.5. The Hall–Kier alpha value is -1.88. The lowest BCUT2D eigenvalue weighted by molar-refractivity contribution is -0.127. The molecule has 1 aromatic carbocycles. The maximum atomic E-state index is 12.6. The van der Waals surface area contributed by atoms with Gasteiger partial charge in [-0.05, 0) is 71.1 Å². The smallest absolute Gasteiger partial charge is 0.251 e. The van der Waals surface area contributed by atoms with Crippen molar-refractivity contribution in [3.8, 4) is 0 Å². The van der Waals surface area contributed by atoms with Gasteiger partial charge in [0.25, 0.3) is 5.91 Å². The molecule has 1 saturated heterocycles. The van der Waals surface area contributed by atoms with Crippen molar-refractivity contribution in [3.05, 3.63) is 29.8 Å². The molecule has 0 spiro atoms. The van der Waals surface area contributed by atoms with Crippen LogP contribution in [-0.2, 0) is 4.79 Å². The second-order valence-electron chi connectivity index (χ2n) is 7.02. The fraction of sp³-hybridized carbons (Fsp3) is 0.556. The fourth-order valence-corrected chi connectivity index (χ4v) is 2.67. The van der Waals surface area contributed by atoms with Crippen LogP contribution in [-0.4, -0.2) is 42.9 Å². The molecule has 1 heterocycles. The van der Waals surface area contributed by atoms with Crippen LogP contribution in [0.2, 0.25) is 0 Å². The van der Waals surface area contributed by atoms with Gasteiger partial charge in [-0.25, -0.2) is 0 Å². The van der Waals surface area contributed by atoms with Gasteiger partial charge in [0.1, 0.15) is 0 Å². The summed E-state index contributed by atoms with van der Waals surface area (Å²) in [4.78, 5) is 26.7. The molecule has 2 N–H and O–H groups in total. The van der Waals surface area contributed by atoms with Crippen molar-refractivity contribution < 1.29 is 9.59 Å². The van der Waals surface area contributed by atoms with Crippen molar-refractivity contribution in [3.63, 3.8) is 0 Å². The SMILES string of the molecule is CC(C)NC(=O)c1ccc(NC(=O)C2(C)CCN(C)CC2)cc1. The number of piperidine rings is 1. The summed E-state index contributed by atoms with van der Waals surface area (Å²) in [5.41, 5.74) is 1.01. The van der Waals surface area contributed by atoms with E-state index in [4.69, 9.17) is 0 Å². The lowest BCUT2D eigenvalue weighted by atomic mass is 9.79. The Morgan fingerprint density at radius 1 is 1.13 bits per heavy atom. The zero-order valence-electron chi connectivity index (χ0n) is 14.5. The Labute approximate surface area is 138 Å². The lowest BCUT2D eigenvalue weighted by Gasteiger charge is -2.36. The molecule has 0 aliphatic carbocycles. The number of hydrogen-bond donors (Lipinski definition) is 2. The van der Waals surface area contributed by atoms with E-state index in [9.17, 15) is 9.59 Å². The molecule has 2 rings (SSSR count). The van der Waals surface area contributed by atoms with Gasteiger partial charge in [0.15, 0.2) is 0 Å². The lowest BCUT2D eigenvalue weighted by Crippen LogP contribution is -2.43. The third kappa shape index (κ3) is 4.55. The predicted molar refractivity (Wildman–Crippen MR) is 92.5 cm³/mol. The second-order valence-corrected chi connectivity index (χ2v) is 7.02. The van der Waals surface area contributed by atoms with Gasteiger partial charge in [-0.15, -0.1) is 0 Å². The van der Waals surface area contributed by atoms with Gasteiger partial charge in [0.2, 0.25) is 5.91 Å². The average Bonchev–Trinajstić information content (AvgIpc) is 2.50. The van der Waals surface area contributed by atoms with E-state index in [-0.39, 0.29) is 23.3 Å². The van der Waals surface area contributed by atoms with E-state index in [1.54, 1.807) is 24.3 Å². The number of carbonyl (C=O) groups excluding carboxylic acids is 2. The highest BCUT2D eigenvalue weighted by Crippen LogP contribution is 2.31. The minimum atomic E-state index is -0.319. The zero-order valence-corrected chi connectivity index (χ0v) is 14.5. The number of carbonyl (C=O) groups is 2. The van der Waals surface area contributed by atoms with Crippen LogP contribution in [0.25, 0.3) is 0 Å². The summed E-state index contributed by atoms with van der Waals surface area (Å²) in [6.07, 6.45) is 1.73. The largest absolute Gasteiger partial charge is 0.350 e. The summed E-state index contributed by atoms with van der Waals surface area (Å²) in [6.45, 7) is 7.76. The quantitative estimate of drug-likeness (QED) is 0.897. The number of rotatable bonds is 4. The minimum Gasteiger partial charge on any atom is -0.350 e. The number of likely N-dealkylation sites (tertiary alicyclic amines) is 1. The Kier molecular flexibility index (Phi) is 5.42. The molecule has 1 aliphatic heterocycles. The van der Waals surface area contributed by atoms with Gasteiger partial charge in [-0.3, -0.25) is 9.59 Å². The van der Waals surface area contributed by atoms with Crippen molar-refractivity contribution in [2.24, 2.45) is 5.41 Å². The van der Waals surface area contributed by atoms with Crippen LogP contribution in [0.4, 0.5) is 5.69 Å². The van der Waals surface area contributed by atoms with Crippen LogP contribution >= 0.6 is 0 Å². The topological polar surface area (TPSA) is 61.4 Å². The molecule has 2 amide bonds. The standard InChI is InChI=1S/C18H27N3O2/c1-13(2)19-16(22)14-5-7-15(8-6-14)20-17(23)18(3)9-11-21(4)12-10-18/h5-8,13H,9-12H2,1-4H3,(H,19,22)(H,20,23). The van der Waals surface area contributed by atoms with Crippen LogP contribution in [0, 0.1) is 5.41 Å². The minimum absolute atomic E-state index is 0.0602. The molecule has 126 valence electrons. The van der Waals surface area contributed by atoms with Crippen molar-refractivity contribution in [2.75, 3.05) is 25.5 Å². The molecular formula is C18H27N3O2. The first-order valence-corrected chi connectivity index (χ1v) is 8.21. The molecular weight excluding hydrogens is 290 g/mol. The van der Waals surface area contributed by atoms with Gasteiger partial charge >= 0.3 is 0 Å². The Balaban J connectivity index is 1.98. The van der Waals surface area contributed by atoms with Crippen LogP contribution in [0.15, 0.2) is 24.3 Å². The monoisotopic (exact) mass is 317 g/mol. The van der Waals surface area contributed by atoms with Crippen molar-refractivity contribution >= 4 is 17.5 Å². The summed E-state index contributed by atoms with van der Waals surface area (Å²) in [5, 5.41) is 5.83. The van der Waals surface area contributed by atoms with E-state index >= 15 is 0 Å². The van der Waals surface area contributed by atoms with Gasteiger partial charge in [0, 0.05) is 22.7 Å². The highest BCUT2D eigenvalue weighted by molar-refractivity contribution is 5.97. The molecule has 1 aliphatic rings. The summed E-state index contributed by atoms with van der Waals surface area (Å²) < 4.78 is 0. The Morgan fingerprint density at radius 3 is 2.22 bits per heavy atom. The number of amides is 2. The molecule has 23 heavy (non-hydrogen) atoms. The summed E-state index contributed by atoms with van der Waals surface area (Å²) in [5.74, 6) is -0.0369. The third-order valence-electron chi connectivity index (χ3n) is 4.46. The van der Waals surface area contributed by atoms with E-state index < -0.39 is 0 Å². The molecule has 0 atom stereocenters. The Bertz CT molecular complexity index is 558. The number of benzene rings is 1. The zero-order chi connectivity index (χ0) is 17.0. The maximum Gasteiger partial charge on any atom is 0.251 e. The summed E-state index contributed by atoms with van der Waals surface area (Å²) >= 11 is 0. The number of hydrogen-bond acceptors (Lipinski definition) is 3. The van der Waals surface area contributed by atoms with Crippen molar-refractivity contribution in [2.45, 2.75) is 39.7 Å². The number of nitrogens with one attached hydrogen (secondary N) is 2.